The molecule has 24 heavy (non-hydrogen) atoms. The number of rotatable bonds is 10. The molecule has 0 aromatic heterocycles. The summed E-state index contributed by atoms with van der Waals surface area (Å²) in [6.45, 7) is 7.07. The van der Waals surface area contributed by atoms with Gasteiger partial charge in [0.05, 0.1) is 6.61 Å². The predicted octanol–water partition coefficient (Wildman–Crippen LogP) is 1.85. The molecule has 1 rings (SSSR count). The summed E-state index contributed by atoms with van der Waals surface area (Å²) < 4.78 is 10.4. The van der Waals surface area contributed by atoms with E-state index in [9.17, 15) is 9.59 Å². The van der Waals surface area contributed by atoms with Crippen molar-refractivity contribution in [3.05, 3.63) is 29.8 Å². The van der Waals surface area contributed by atoms with E-state index in [2.05, 4.69) is 24.5 Å². The monoisotopic (exact) mass is 336 g/mol. The van der Waals surface area contributed by atoms with Gasteiger partial charge in [-0.2, -0.15) is 0 Å². The Morgan fingerprint density at radius 3 is 2.25 bits per heavy atom. The van der Waals surface area contributed by atoms with Crippen LogP contribution in [-0.2, 0) is 14.3 Å². The minimum absolute atomic E-state index is 0.0966. The maximum absolute atomic E-state index is 12.0. The van der Waals surface area contributed by atoms with Gasteiger partial charge in [0.2, 0.25) is 5.91 Å². The van der Waals surface area contributed by atoms with E-state index in [-0.39, 0.29) is 11.8 Å². The molecule has 0 saturated heterocycles. The molecule has 0 fully saturated rings. The van der Waals surface area contributed by atoms with Crippen molar-refractivity contribution in [1.29, 1.82) is 0 Å². The van der Waals surface area contributed by atoms with Crippen LogP contribution in [0, 0.1) is 0 Å². The number of nitrogens with one attached hydrogen (secondary N) is 2. The van der Waals surface area contributed by atoms with Crippen molar-refractivity contribution in [2.75, 3.05) is 26.8 Å². The predicted molar refractivity (Wildman–Crippen MR) is 93.1 cm³/mol. The summed E-state index contributed by atoms with van der Waals surface area (Å²) in [7, 11) is 1.55. The molecule has 0 aliphatic carbocycles. The second-order valence-electron chi connectivity index (χ2n) is 5.87. The van der Waals surface area contributed by atoms with Crippen LogP contribution in [0.15, 0.2) is 24.3 Å². The first kappa shape index (κ1) is 20.0. The molecule has 2 N–H and O–H groups in total. The van der Waals surface area contributed by atoms with E-state index >= 15 is 0 Å². The zero-order valence-electron chi connectivity index (χ0n) is 14.9. The van der Waals surface area contributed by atoms with Crippen LogP contribution in [0.3, 0.4) is 0 Å². The maximum Gasteiger partial charge on any atom is 0.260 e. The molecule has 0 spiro atoms. The van der Waals surface area contributed by atoms with Crippen molar-refractivity contribution in [3.63, 3.8) is 0 Å². The Bertz CT molecular complexity index is 514. The van der Waals surface area contributed by atoms with E-state index in [1.807, 2.05) is 24.3 Å². The summed E-state index contributed by atoms with van der Waals surface area (Å²) in [5, 5.41) is 5.44. The SMILES string of the molecule is COCCC(=O)NCCNC(=O)C(C)Oc1ccc(C(C)C)cc1. The van der Waals surface area contributed by atoms with Crippen LogP contribution in [0.2, 0.25) is 0 Å². The average molecular weight is 336 g/mol. The van der Waals surface area contributed by atoms with Gasteiger partial charge in [-0.3, -0.25) is 9.59 Å². The second kappa shape index (κ2) is 10.6. The summed E-state index contributed by atoms with van der Waals surface area (Å²) in [5.41, 5.74) is 1.23. The van der Waals surface area contributed by atoms with Gasteiger partial charge in [-0.15, -0.1) is 0 Å². The van der Waals surface area contributed by atoms with Gasteiger partial charge in [0.25, 0.3) is 5.91 Å². The number of methoxy groups -OCH3 is 1. The topological polar surface area (TPSA) is 76.7 Å². The van der Waals surface area contributed by atoms with E-state index in [0.717, 1.165) is 0 Å². The minimum Gasteiger partial charge on any atom is -0.481 e. The Morgan fingerprint density at radius 2 is 1.67 bits per heavy atom. The largest absolute Gasteiger partial charge is 0.481 e. The molecule has 0 aliphatic rings. The van der Waals surface area contributed by atoms with E-state index in [1.54, 1.807) is 14.0 Å². The third-order valence-electron chi connectivity index (χ3n) is 3.51. The Labute approximate surface area is 143 Å². The van der Waals surface area contributed by atoms with Crippen LogP contribution in [0.5, 0.6) is 5.75 Å². The molecule has 2 amide bonds. The molecule has 1 atom stereocenters. The van der Waals surface area contributed by atoms with Gasteiger partial charge in [-0.05, 0) is 30.5 Å². The van der Waals surface area contributed by atoms with E-state index < -0.39 is 6.10 Å². The maximum atomic E-state index is 12.0. The summed E-state index contributed by atoms with van der Waals surface area (Å²) in [6, 6.07) is 7.74. The highest BCUT2D eigenvalue weighted by molar-refractivity contribution is 5.80. The fourth-order valence-corrected chi connectivity index (χ4v) is 2.00. The van der Waals surface area contributed by atoms with Crippen molar-refractivity contribution in [3.8, 4) is 5.75 Å². The van der Waals surface area contributed by atoms with Gasteiger partial charge in [-0.25, -0.2) is 0 Å². The standard InChI is InChI=1S/C18H28N2O4/c1-13(2)15-5-7-16(8-6-15)24-14(3)18(22)20-11-10-19-17(21)9-12-23-4/h5-8,13-14H,9-12H2,1-4H3,(H,19,21)(H,20,22). The van der Waals surface area contributed by atoms with Crippen LogP contribution >= 0.6 is 0 Å². The van der Waals surface area contributed by atoms with Crippen molar-refractivity contribution in [1.82, 2.24) is 10.6 Å². The van der Waals surface area contributed by atoms with Crippen molar-refractivity contribution >= 4 is 11.8 Å². The fraction of sp³-hybridized carbons (Fsp3) is 0.556. The van der Waals surface area contributed by atoms with E-state index in [4.69, 9.17) is 9.47 Å². The zero-order valence-corrected chi connectivity index (χ0v) is 14.9. The molecule has 1 aromatic carbocycles. The molecule has 0 saturated carbocycles. The summed E-state index contributed by atoms with van der Waals surface area (Å²) in [5.74, 6) is 0.809. The van der Waals surface area contributed by atoms with Crippen LogP contribution in [0.4, 0.5) is 0 Å². The van der Waals surface area contributed by atoms with Crippen LogP contribution in [0.25, 0.3) is 0 Å². The molecule has 0 bridgehead atoms. The summed E-state index contributed by atoms with van der Waals surface area (Å²) >= 11 is 0. The molecule has 0 radical (unpaired) electrons. The summed E-state index contributed by atoms with van der Waals surface area (Å²) in [6.07, 6.45) is -0.282. The Balaban J connectivity index is 2.28. The minimum atomic E-state index is -0.598. The number of carbonyl (C=O) groups is 2. The van der Waals surface area contributed by atoms with E-state index in [1.165, 1.54) is 5.56 Å². The first-order valence-corrected chi connectivity index (χ1v) is 8.24. The lowest BCUT2D eigenvalue weighted by Crippen LogP contribution is -2.40. The quantitative estimate of drug-likeness (QED) is 0.639. The first-order chi connectivity index (χ1) is 11.4. The highest BCUT2D eigenvalue weighted by atomic mass is 16.5. The van der Waals surface area contributed by atoms with Crippen molar-refractivity contribution < 1.29 is 19.1 Å². The zero-order chi connectivity index (χ0) is 17.9. The number of hydrogen-bond donors (Lipinski definition) is 2. The van der Waals surface area contributed by atoms with Gasteiger partial charge in [0.15, 0.2) is 6.10 Å². The van der Waals surface area contributed by atoms with Gasteiger partial charge in [0.1, 0.15) is 5.75 Å². The number of ether oxygens (including phenoxy) is 2. The molecule has 0 aliphatic heterocycles. The van der Waals surface area contributed by atoms with Gasteiger partial charge in [0, 0.05) is 26.6 Å². The van der Waals surface area contributed by atoms with E-state index in [0.29, 0.717) is 37.8 Å². The van der Waals surface area contributed by atoms with Crippen molar-refractivity contribution in [2.24, 2.45) is 0 Å². The molecule has 6 heteroatoms. The Morgan fingerprint density at radius 1 is 1.04 bits per heavy atom. The first-order valence-electron chi connectivity index (χ1n) is 8.24. The van der Waals surface area contributed by atoms with Crippen LogP contribution in [0.1, 0.15) is 38.7 Å². The highest BCUT2D eigenvalue weighted by Crippen LogP contribution is 2.19. The lowest BCUT2D eigenvalue weighted by atomic mass is 10.0. The normalized spacial score (nSPS) is 11.9. The number of amides is 2. The molecule has 134 valence electrons. The van der Waals surface area contributed by atoms with Crippen LogP contribution in [-0.4, -0.2) is 44.7 Å². The molecular formula is C18H28N2O4. The smallest absolute Gasteiger partial charge is 0.260 e. The second-order valence-corrected chi connectivity index (χ2v) is 5.87. The molecule has 6 nitrogen and oxygen atoms in total. The third-order valence-corrected chi connectivity index (χ3v) is 3.51. The number of hydrogen-bond acceptors (Lipinski definition) is 4. The summed E-state index contributed by atoms with van der Waals surface area (Å²) in [4.78, 5) is 23.3. The molecule has 0 heterocycles. The van der Waals surface area contributed by atoms with Gasteiger partial charge in [-0.1, -0.05) is 26.0 Å². The lowest BCUT2D eigenvalue weighted by molar-refractivity contribution is -0.127. The highest BCUT2D eigenvalue weighted by Gasteiger charge is 2.14. The number of carbonyl (C=O) groups excluding carboxylic acids is 2. The molecule has 1 aromatic rings. The van der Waals surface area contributed by atoms with Gasteiger partial charge < -0.3 is 20.1 Å². The third kappa shape index (κ3) is 7.46. The molecule has 1 unspecified atom stereocenters. The average Bonchev–Trinajstić information content (AvgIpc) is 2.57. The van der Waals surface area contributed by atoms with Crippen LogP contribution < -0.4 is 15.4 Å². The van der Waals surface area contributed by atoms with Crippen molar-refractivity contribution in [2.45, 2.75) is 39.2 Å². The number of benzene rings is 1. The van der Waals surface area contributed by atoms with Gasteiger partial charge >= 0.3 is 0 Å². The lowest BCUT2D eigenvalue weighted by Gasteiger charge is -2.15. The Kier molecular flexibility index (Phi) is 8.86. The molecular weight excluding hydrogens is 308 g/mol. The Hall–Kier alpha value is -2.08. The fourth-order valence-electron chi connectivity index (χ4n) is 2.00.